The number of hydrogen-bond acceptors (Lipinski definition) is 6. The smallest absolute Gasteiger partial charge is 0.281 e. The zero-order valence-electron chi connectivity index (χ0n) is 15.8. The number of thiazole rings is 1. The maximum absolute atomic E-state index is 12.4. The van der Waals surface area contributed by atoms with Gasteiger partial charge in [0.05, 0.1) is 11.4 Å². The molecule has 0 saturated heterocycles. The highest BCUT2D eigenvalue weighted by molar-refractivity contribution is 7.17. The number of rotatable bonds is 5. The Balaban J connectivity index is 1.55. The van der Waals surface area contributed by atoms with Gasteiger partial charge in [-0.05, 0) is 56.2 Å². The van der Waals surface area contributed by atoms with Gasteiger partial charge in [0, 0.05) is 6.20 Å². The van der Waals surface area contributed by atoms with Crippen molar-refractivity contribution >= 4 is 23.2 Å². The van der Waals surface area contributed by atoms with E-state index >= 15 is 0 Å². The fourth-order valence-corrected chi connectivity index (χ4v) is 3.53. The fourth-order valence-electron chi connectivity index (χ4n) is 2.59. The molecule has 2 amide bonds. The molecule has 1 aromatic carbocycles. The lowest BCUT2D eigenvalue weighted by Crippen LogP contribution is -2.43. The number of hydrogen-bond donors (Lipinski definition) is 2. The number of ether oxygens (including phenoxy) is 1. The molecule has 2 N–H and O–H groups in total. The van der Waals surface area contributed by atoms with Gasteiger partial charge < -0.3 is 4.74 Å². The number of aryl methyl sites for hydroxylation is 3. The van der Waals surface area contributed by atoms with Crippen LogP contribution in [-0.2, 0) is 4.79 Å². The number of pyridine rings is 1. The summed E-state index contributed by atoms with van der Waals surface area (Å²) in [5.41, 5.74) is 8.12. The van der Waals surface area contributed by atoms with E-state index < -0.39 is 11.8 Å². The van der Waals surface area contributed by atoms with Crippen molar-refractivity contribution in [3.8, 4) is 16.5 Å². The number of aromatic nitrogens is 2. The van der Waals surface area contributed by atoms with E-state index in [9.17, 15) is 9.59 Å². The van der Waals surface area contributed by atoms with Gasteiger partial charge in [-0.3, -0.25) is 25.4 Å². The number of carbonyl (C=O) groups excluding carboxylic acids is 2. The van der Waals surface area contributed by atoms with Gasteiger partial charge >= 0.3 is 0 Å². The van der Waals surface area contributed by atoms with Gasteiger partial charge in [-0.1, -0.05) is 12.1 Å². The molecule has 0 bridgehead atoms. The molecule has 8 heteroatoms. The third-order valence-electron chi connectivity index (χ3n) is 3.77. The molecule has 0 aliphatic rings. The van der Waals surface area contributed by atoms with Crippen molar-refractivity contribution in [1.82, 2.24) is 20.8 Å². The monoisotopic (exact) mass is 396 g/mol. The second kappa shape index (κ2) is 8.62. The lowest BCUT2D eigenvalue weighted by Gasteiger charge is -2.09. The summed E-state index contributed by atoms with van der Waals surface area (Å²) < 4.78 is 5.47. The number of carbonyl (C=O) groups is 2. The topological polar surface area (TPSA) is 93.2 Å². The van der Waals surface area contributed by atoms with Crippen LogP contribution in [0.4, 0.5) is 0 Å². The van der Waals surface area contributed by atoms with Crippen LogP contribution in [0.25, 0.3) is 10.7 Å². The largest absolute Gasteiger partial charge is 0.484 e. The van der Waals surface area contributed by atoms with Gasteiger partial charge in [0.1, 0.15) is 15.6 Å². The average Bonchev–Trinajstić information content (AvgIpc) is 3.06. The second-order valence-electron chi connectivity index (χ2n) is 6.26. The molecule has 0 aliphatic carbocycles. The van der Waals surface area contributed by atoms with Gasteiger partial charge in [0.2, 0.25) is 0 Å². The summed E-state index contributed by atoms with van der Waals surface area (Å²) in [6.07, 6.45) is 1.67. The van der Waals surface area contributed by atoms with Crippen LogP contribution in [0.5, 0.6) is 5.75 Å². The molecule has 144 valence electrons. The summed E-state index contributed by atoms with van der Waals surface area (Å²) in [5, 5.41) is 0.646. The Morgan fingerprint density at radius 3 is 2.50 bits per heavy atom. The van der Waals surface area contributed by atoms with E-state index in [0.29, 0.717) is 27.0 Å². The van der Waals surface area contributed by atoms with Crippen LogP contribution >= 0.6 is 11.3 Å². The highest BCUT2D eigenvalue weighted by atomic mass is 32.1. The van der Waals surface area contributed by atoms with Crippen molar-refractivity contribution in [2.75, 3.05) is 6.61 Å². The number of nitrogens with one attached hydrogen (secondary N) is 2. The SMILES string of the molecule is Cc1cc(C)cc(OCC(=O)NNC(=O)c2sc(-c3ccccn3)nc2C)c1. The van der Waals surface area contributed by atoms with Gasteiger partial charge in [0.15, 0.2) is 6.61 Å². The number of benzene rings is 1. The zero-order chi connectivity index (χ0) is 20.1. The van der Waals surface area contributed by atoms with Crippen molar-refractivity contribution < 1.29 is 14.3 Å². The summed E-state index contributed by atoms with van der Waals surface area (Å²) in [4.78, 5) is 33.3. The van der Waals surface area contributed by atoms with E-state index in [0.717, 1.165) is 11.1 Å². The third-order valence-corrected chi connectivity index (χ3v) is 4.95. The number of nitrogens with zero attached hydrogens (tertiary/aromatic N) is 2. The molecule has 0 atom stereocenters. The molecule has 3 aromatic rings. The minimum atomic E-state index is -0.459. The molecule has 0 fully saturated rings. The molecule has 0 spiro atoms. The molecule has 3 rings (SSSR count). The van der Waals surface area contributed by atoms with Crippen LogP contribution in [0.3, 0.4) is 0 Å². The van der Waals surface area contributed by atoms with Crippen molar-refractivity contribution in [3.05, 3.63) is 64.3 Å². The van der Waals surface area contributed by atoms with Crippen LogP contribution < -0.4 is 15.6 Å². The van der Waals surface area contributed by atoms with Gasteiger partial charge in [-0.25, -0.2) is 4.98 Å². The maximum atomic E-state index is 12.4. The minimum Gasteiger partial charge on any atom is -0.484 e. The molecule has 2 heterocycles. The Hall–Kier alpha value is -3.26. The summed E-state index contributed by atoms with van der Waals surface area (Å²) in [5.74, 6) is -0.283. The predicted octanol–water partition coefficient (Wildman–Crippen LogP) is 2.97. The Bertz CT molecular complexity index is 982. The minimum absolute atomic E-state index is 0.204. The Morgan fingerprint density at radius 2 is 1.82 bits per heavy atom. The standard InChI is InChI=1S/C20H20N4O3S/c1-12-8-13(2)10-15(9-12)27-11-17(25)23-24-19(26)18-14(3)22-20(28-18)16-6-4-5-7-21-16/h4-10H,11H2,1-3H3,(H,23,25)(H,24,26). The number of hydrazine groups is 1. The van der Waals surface area contributed by atoms with Crippen LogP contribution in [0, 0.1) is 20.8 Å². The Labute approximate surface area is 166 Å². The molecule has 0 aliphatic heterocycles. The van der Waals surface area contributed by atoms with Crippen LogP contribution in [0.15, 0.2) is 42.6 Å². The lowest BCUT2D eigenvalue weighted by molar-refractivity contribution is -0.123. The normalized spacial score (nSPS) is 10.4. The summed E-state index contributed by atoms with van der Waals surface area (Å²) in [7, 11) is 0. The van der Waals surface area contributed by atoms with Crippen LogP contribution in [-0.4, -0.2) is 28.4 Å². The molecule has 2 aromatic heterocycles. The molecule has 0 radical (unpaired) electrons. The van der Waals surface area contributed by atoms with Crippen molar-refractivity contribution in [2.45, 2.75) is 20.8 Å². The number of amides is 2. The van der Waals surface area contributed by atoms with Gasteiger partial charge in [0.25, 0.3) is 11.8 Å². The molecule has 7 nitrogen and oxygen atoms in total. The molecular formula is C20H20N4O3S. The fraction of sp³-hybridized carbons (Fsp3) is 0.200. The van der Waals surface area contributed by atoms with E-state index in [1.165, 1.54) is 11.3 Å². The lowest BCUT2D eigenvalue weighted by atomic mass is 10.1. The first-order chi connectivity index (χ1) is 13.4. The third kappa shape index (κ3) is 4.92. The van der Waals surface area contributed by atoms with E-state index in [1.54, 1.807) is 13.1 Å². The molecule has 28 heavy (non-hydrogen) atoms. The van der Waals surface area contributed by atoms with Crippen molar-refractivity contribution in [1.29, 1.82) is 0 Å². The highest BCUT2D eigenvalue weighted by Crippen LogP contribution is 2.26. The van der Waals surface area contributed by atoms with Gasteiger partial charge in [-0.2, -0.15) is 0 Å². The zero-order valence-corrected chi connectivity index (χ0v) is 16.6. The second-order valence-corrected chi connectivity index (χ2v) is 7.26. The summed E-state index contributed by atoms with van der Waals surface area (Å²) in [6, 6.07) is 11.2. The first-order valence-corrected chi connectivity index (χ1v) is 9.43. The van der Waals surface area contributed by atoms with Crippen molar-refractivity contribution in [2.24, 2.45) is 0 Å². The van der Waals surface area contributed by atoms with E-state index in [2.05, 4.69) is 20.8 Å². The summed E-state index contributed by atoms with van der Waals surface area (Å²) in [6.45, 7) is 5.44. The van der Waals surface area contributed by atoms with Crippen molar-refractivity contribution in [3.63, 3.8) is 0 Å². The highest BCUT2D eigenvalue weighted by Gasteiger charge is 2.17. The average molecular weight is 396 g/mol. The van der Waals surface area contributed by atoms with Gasteiger partial charge in [-0.15, -0.1) is 11.3 Å². The molecule has 0 saturated carbocycles. The van der Waals surface area contributed by atoms with E-state index in [1.807, 2.05) is 50.2 Å². The maximum Gasteiger partial charge on any atom is 0.281 e. The molecular weight excluding hydrogens is 376 g/mol. The van der Waals surface area contributed by atoms with Crippen LogP contribution in [0.2, 0.25) is 0 Å². The Morgan fingerprint density at radius 1 is 1.07 bits per heavy atom. The first-order valence-electron chi connectivity index (χ1n) is 8.61. The first kappa shape index (κ1) is 19.5. The predicted molar refractivity (Wildman–Crippen MR) is 107 cm³/mol. The van der Waals surface area contributed by atoms with E-state index in [4.69, 9.17) is 4.74 Å². The quantitative estimate of drug-likeness (QED) is 0.647. The molecule has 0 unspecified atom stereocenters. The van der Waals surface area contributed by atoms with E-state index in [-0.39, 0.29) is 6.61 Å². The van der Waals surface area contributed by atoms with Crippen LogP contribution in [0.1, 0.15) is 26.5 Å². The summed E-state index contributed by atoms with van der Waals surface area (Å²) >= 11 is 1.22. The Kier molecular flexibility index (Phi) is 6.00.